The van der Waals surface area contributed by atoms with E-state index in [0.29, 0.717) is 6.04 Å². The van der Waals surface area contributed by atoms with E-state index in [1.54, 1.807) is 0 Å². The predicted molar refractivity (Wildman–Crippen MR) is 143 cm³/mol. The fourth-order valence-electron chi connectivity index (χ4n) is 6.57. The maximum absolute atomic E-state index is 5.01. The molecule has 3 aliphatic rings. The molecule has 5 heteroatoms. The number of piperazine rings is 1. The Labute approximate surface area is 205 Å². The van der Waals surface area contributed by atoms with E-state index in [9.17, 15) is 0 Å². The standard InChI is InChI=1S/C29H43N5/c1-21-13-16-25(23(3)30-21)28-26-11-8-12-27(29(26)32(4)31-28)34-19-17-33(18-20-34)22(2)14-15-24-9-6-5-7-10-24/h8,11-12,22,24-25,30H,1,3,5-7,9-10,13-20H2,2,4H3. The number of hydrogen-bond acceptors (Lipinski definition) is 4. The molecule has 2 aromatic rings. The van der Waals surface area contributed by atoms with Gasteiger partial charge in [-0.05, 0) is 44.6 Å². The second kappa shape index (κ2) is 10.2. The minimum atomic E-state index is 0.242. The van der Waals surface area contributed by atoms with E-state index in [0.717, 1.165) is 62.0 Å². The van der Waals surface area contributed by atoms with Crippen molar-refractivity contribution in [3.8, 4) is 0 Å². The highest BCUT2D eigenvalue weighted by Gasteiger charge is 2.28. The highest BCUT2D eigenvalue weighted by molar-refractivity contribution is 5.94. The number of benzene rings is 1. The molecule has 1 saturated carbocycles. The van der Waals surface area contributed by atoms with Gasteiger partial charge < -0.3 is 10.2 Å². The van der Waals surface area contributed by atoms with Crippen LogP contribution in [0, 0.1) is 5.92 Å². The van der Waals surface area contributed by atoms with Crippen LogP contribution in [0.2, 0.25) is 0 Å². The van der Waals surface area contributed by atoms with Gasteiger partial charge in [0.1, 0.15) is 0 Å². The lowest BCUT2D eigenvalue weighted by Gasteiger charge is -2.39. The number of fused-ring (bicyclic) bond motifs is 1. The third-order valence-corrected chi connectivity index (χ3v) is 8.69. The second-order valence-corrected chi connectivity index (χ2v) is 11.0. The van der Waals surface area contributed by atoms with Gasteiger partial charge in [-0.3, -0.25) is 9.58 Å². The minimum Gasteiger partial charge on any atom is -0.367 e. The average molecular weight is 462 g/mol. The third-order valence-electron chi connectivity index (χ3n) is 8.69. The summed E-state index contributed by atoms with van der Waals surface area (Å²) in [5, 5.41) is 9.64. The second-order valence-electron chi connectivity index (χ2n) is 11.0. The van der Waals surface area contributed by atoms with Crippen LogP contribution in [-0.4, -0.2) is 46.9 Å². The molecule has 1 aromatic heterocycles. The van der Waals surface area contributed by atoms with Crippen molar-refractivity contribution >= 4 is 16.6 Å². The third kappa shape index (κ3) is 4.77. The van der Waals surface area contributed by atoms with E-state index in [-0.39, 0.29) is 5.92 Å². The lowest BCUT2D eigenvalue weighted by molar-refractivity contribution is 0.175. The van der Waals surface area contributed by atoms with Crippen molar-refractivity contribution in [1.82, 2.24) is 20.0 Å². The zero-order valence-corrected chi connectivity index (χ0v) is 21.4. The summed E-state index contributed by atoms with van der Waals surface area (Å²) in [4.78, 5) is 5.30. The maximum Gasteiger partial charge on any atom is 0.0915 e. The van der Waals surface area contributed by atoms with Crippen molar-refractivity contribution < 1.29 is 0 Å². The summed E-state index contributed by atoms with van der Waals surface area (Å²) < 4.78 is 2.09. The van der Waals surface area contributed by atoms with Crippen LogP contribution in [-0.2, 0) is 7.05 Å². The summed E-state index contributed by atoms with van der Waals surface area (Å²) in [6, 6.07) is 7.43. The Balaban J connectivity index is 1.26. The van der Waals surface area contributed by atoms with Crippen LogP contribution >= 0.6 is 0 Å². The SMILES string of the molecule is C=C1CCC(c2nn(C)c3c(N4CCN(C(C)CCC5CCCCC5)CC4)cccc23)C(=C)N1. The molecular weight excluding hydrogens is 418 g/mol. The molecule has 2 atom stereocenters. The van der Waals surface area contributed by atoms with E-state index in [2.05, 4.69) is 65.1 Å². The van der Waals surface area contributed by atoms with Gasteiger partial charge in [0.2, 0.25) is 0 Å². The zero-order chi connectivity index (χ0) is 23.7. The summed E-state index contributed by atoms with van der Waals surface area (Å²) in [6.07, 6.45) is 12.1. The predicted octanol–water partition coefficient (Wildman–Crippen LogP) is 5.94. The molecule has 2 unspecified atom stereocenters. The molecule has 5 rings (SSSR count). The molecule has 2 saturated heterocycles. The molecule has 184 valence electrons. The van der Waals surface area contributed by atoms with Crippen LogP contribution in [0.1, 0.15) is 76.3 Å². The fraction of sp³-hybridized carbons (Fsp3) is 0.621. The summed E-state index contributed by atoms with van der Waals surface area (Å²) in [5.41, 5.74) is 5.82. The molecule has 1 aromatic carbocycles. The molecule has 0 amide bonds. The molecule has 0 radical (unpaired) electrons. The molecule has 3 heterocycles. The maximum atomic E-state index is 5.01. The molecule has 2 aliphatic heterocycles. The number of piperidine rings is 1. The summed E-state index contributed by atoms with van der Waals surface area (Å²) in [5.74, 6) is 1.23. The first kappa shape index (κ1) is 23.5. The Bertz CT molecular complexity index is 1020. The van der Waals surface area contributed by atoms with Gasteiger partial charge in [-0.2, -0.15) is 5.10 Å². The quantitative estimate of drug-likeness (QED) is 0.578. The Morgan fingerprint density at radius 3 is 2.56 bits per heavy atom. The van der Waals surface area contributed by atoms with E-state index in [4.69, 9.17) is 5.10 Å². The van der Waals surface area contributed by atoms with E-state index in [1.807, 2.05) is 0 Å². The molecule has 0 bridgehead atoms. The largest absolute Gasteiger partial charge is 0.367 e. The van der Waals surface area contributed by atoms with Crippen LogP contribution in [0.25, 0.3) is 10.9 Å². The van der Waals surface area contributed by atoms with Crippen LogP contribution in [0.5, 0.6) is 0 Å². The molecule has 3 fully saturated rings. The van der Waals surface area contributed by atoms with Gasteiger partial charge in [-0.1, -0.05) is 57.4 Å². The van der Waals surface area contributed by atoms with E-state index in [1.165, 1.54) is 61.5 Å². The number of nitrogens with one attached hydrogen (secondary N) is 1. The molecule has 1 aliphatic carbocycles. The Morgan fingerprint density at radius 1 is 1.06 bits per heavy atom. The number of aryl methyl sites for hydroxylation is 1. The lowest BCUT2D eigenvalue weighted by atomic mass is 9.85. The average Bonchev–Trinajstić information content (AvgIpc) is 3.19. The summed E-state index contributed by atoms with van der Waals surface area (Å²) in [7, 11) is 2.09. The summed E-state index contributed by atoms with van der Waals surface area (Å²) >= 11 is 0. The molecule has 1 N–H and O–H groups in total. The van der Waals surface area contributed by atoms with E-state index < -0.39 is 0 Å². The van der Waals surface area contributed by atoms with Crippen molar-refractivity contribution in [2.24, 2.45) is 13.0 Å². The van der Waals surface area contributed by atoms with Crippen LogP contribution in [0.3, 0.4) is 0 Å². The zero-order valence-electron chi connectivity index (χ0n) is 21.4. The van der Waals surface area contributed by atoms with Gasteiger partial charge in [0.05, 0.1) is 16.9 Å². The Kier molecular flexibility index (Phi) is 7.01. The first-order valence-electron chi connectivity index (χ1n) is 13.6. The van der Waals surface area contributed by atoms with Gasteiger partial charge in [-0.25, -0.2) is 0 Å². The van der Waals surface area contributed by atoms with Crippen LogP contribution in [0.4, 0.5) is 5.69 Å². The number of allylic oxidation sites excluding steroid dienone is 2. The smallest absolute Gasteiger partial charge is 0.0915 e. The monoisotopic (exact) mass is 461 g/mol. The number of anilines is 1. The van der Waals surface area contributed by atoms with Gasteiger partial charge in [-0.15, -0.1) is 0 Å². The van der Waals surface area contributed by atoms with Crippen molar-refractivity contribution in [3.05, 3.63) is 48.4 Å². The minimum absolute atomic E-state index is 0.242. The molecule has 5 nitrogen and oxygen atoms in total. The van der Waals surface area contributed by atoms with Crippen LogP contribution in [0.15, 0.2) is 42.8 Å². The summed E-state index contributed by atoms with van der Waals surface area (Å²) in [6.45, 7) is 15.3. The number of para-hydroxylation sites is 1. The van der Waals surface area contributed by atoms with Gasteiger partial charge >= 0.3 is 0 Å². The van der Waals surface area contributed by atoms with E-state index >= 15 is 0 Å². The normalized spacial score (nSPS) is 23.9. The van der Waals surface area contributed by atoms with Crippen molar-refractivity contribution in [2.75, 3.05) is 31.1 Å². The van der Waals surface area contributed by atoms with Crippen molar-refractivity contribution in [1.29, 1.82) is 0 Å². The topological polar surface area (TPSA) is 36.3 Å². The fourth-order valence-corrected chi connectivity index (χ4v) is 6.57. The Hall–Kier alpha value is -2.27. The van der Waals surface area contributed by atoms with Crippen LogP contribution < -0.4 is 10.2 Å². The number of aromatic nitrogens is 2. The number of hydrogen-bond donors (Lipinski definition) is 1. The lowest BCUT2D eigenvalue weighted by Crippen LogP contribution is -2.49. The number of rotatable bonds is 6. The van der Waals surface area contributed by atoms with Crippen molar-refractivity contribution in [2.45, 2.75) is 76.7 Å². The molecule has 0 spiro atoms. The Morgan fingerprint density at radius 2 is 1.82 bits per heavy atom. The van der Waals surface area contributed by atoms with Gasteiger partial charge in [0, 0.05) is 62.0 Å². The van der Waals surface area contributed by atoms with Gasteiger partial charge in [0.15, 0.2) is 0 Å². The first-order valence-corrected chi connectivity index (χ1v) is 13.6. The first-order chi connectivity index (χ1) is 16.5. The molecular formula is C29H43N5. The van der Waals surface area contributed by atoms with Gasteiger partial charge in [0.25, 0.3) is 0 Å². The highest BCUT2D eigenvalue weighted by atomic mass is 15.3. The molecule has 34 heavy (non-hydrogen) atoms. The number of nitrogens with zero attached hydrogens (tertiary/aromatic N) is 4. The van der Waals surface area contributed by atoms with Crippen molar-refractivity contribution in [3.63, 3.8) is 0 Å². The highest BCUT2D eigenvalue weighted by Crippen LogP contribution is 2.38.